The second-order valence-electron chi connectivity index (χ2n) is 7.18. The zero-order valence-corrected chi connectivity index (χ0v) is 15.9. The van der Waals surface area contributed by atoms with Gasteiger partial charge in [-0.1, -0.05) is 25.6 Å². The number of piperidine rings is 1. The third kappa shape index (κ3) is 4.03. The number of likely N-dealkylation sites (tertiary alicyclic amines) is 1. The van der Waals surface area contributed by atoms with Crippen LogP contribution < -0.4 is 5.56 Å². The maximum Gasteiger partial charge on any atom is 0.261 e. The van der Waals surface area contributed by atoms with Gasteiger partial charge in [-0.25, -0.2) is 9.97 Å². The summed E-state index contributed by atoms with van der Waals surface area (Å²) in [5.74, 6) is 1.44. The minimum absolute atomic E-state index is 0.0968. The number of aromatic amines is 1. The van der Waals surface area contributed by atoms with Crippen molar-refractivity contribution in [2.75, 3.05) is 18.8 Å². The molecule has 0 saturated carbocycles. The van der Waals surface area contributed by atoms with Crippen molar-refractivity contribution in [2.45, 2.75) is 39.3 Å². The average molecular weight is 360 g/mol. The summed E-state index contributed by atoms with van der Waals surface area (Å²) in [6.07, 6.45) is 1.17. The van der Waals surface area contributed by atoms with Crippen molar-refractivity contribution in [3.8, 4) is 0 Å². The van der Waals surface area contributed by atoms with Crippen LogP contribution in [0.25, 0.3) is 11.0 Å². The minimum atomic E-state index is -0.204. The van der Waals surface area contributed by atoms with Crippen LogP contribution in [0.1, 0.15) is 31.5 Å². The molecule has 2 aromatic heterocycles. The van der Waals surface area contributed by atoms with Crippen molar-refractivity contribution < 1.29 is 4.79 Å². The number of carbonyl (C=O) groups is 1. The first kappa shape index (κ1) is 17.9. The van der Waals surface area contributed by atoms with Gasteiger partial charge in [0.15, 0.2) is 10.8 Å². The Balaban J connectivity index is 1.75. The maximum absolute atomic E-state index is 12.5. The zero-order valence-electron chi connectivity index (χ0n) is 15.1. The van der Waals surface area contributed by atoms with Crippen LogP contribution in [-0.4, -0.2) is 44.6 Å². The zero-order chi connectivity index (χ0) is 18.1. The molecule has 3 rings (SSSR count). The molecule has 0 aromatic carbocycles. The molecule has 0 aliphatic carbocycles. The smallest absolute Gasteiger partial charge is 0.261 e. The van der Waals surface area contributed by atoms with E-state index in [0.29, 0.717) is 28.0 Å². The molecule has 2 atom stereocenters. The van der Waals surface area contributed by atoms with Crippen molar-refractivity contribution in [1.29, 1.82) is 0 Å². The summed E-state index contributed by atoms with van der Waals surface area (Å²) in [5, 5.41) is 0.960. The number of amides is 1. The Hall–Kier alpha value is -1.89. The Bertz CT molecular complexity index is 854. The van der Waals surface area contributed by atoms with Crippen LogP contribution in [-0.2, 0) is 4.79 Å². The number of rotatable bonds is 3. The summed E-state index contributed by atoms with van der Waals surface area (Å²) < 4.78 is 0. The molecule has 0 spiro atoms. The van der Waals surface area contributed by atoms with Crippen molar-refractivity contribution in [1.82, 2.24) is 19.9 Å². The predicted molar refractivity (Wildman–Crippen MR) is 99.9 cm³/mol. The van der Waals surface area contributed by atoms with Gasteiger partial charge in [-0.3, -0.25) is 9.59 Å². The molecule has 1 fully saturated rings. The van der Waals surface area contributed by atoms with Crippen molar-refractivity contribution >= 4 is 28.7 Å². The lowest BCUT2D eigenvalue weighted by atomic mass is 9.92. The Labute approximate surface area is 151 Å². The first-order valence-electron chi connectivity index (χ1n) is 8.62. The standard InChI is InChI=1S/C18H24N4O2S/c1-10-5-11(2)8-22(7-10)14(23)9-25-18-20-16-15(17(24)21-18)12(3)6-13(4)19-16/h6,10-11H,5,7-9H2,1-4H3,(H,19,20,21,24). The highest BCUT2D eigenvalue weighted by atomic mass is 32.2. The van der Waals surface area contributed by atoms with E-state index in [-0.39, 0.29) is 17.2 Å². The second kappa shape index (κ2) is 7.15. The van der Waals surface area contributed by atoms with Gasteiger partial charge in [-0.2, -0.15) is 0 Å². The van der Waals surface area contributed by atoms with E-state index < -0.39 is 0 Å². The lowest BCUT2D eigenvalue weighted by Gasteiger charge is -2.34. The molecule has 3 heterocycles. The van der Waals surface area contributed by atoms with Crippen LogP contribution in [0.5, 0.6) is 0 Å². The van der Waals surface area contributed by atoms with Gasteiger partial charge >= 0.3 is 0 Å². The van der Waals surface area contributed by atoms with Crippen LogP contribution >= 0.6 is 11.8 Å². The molecule has 1 amide bonds. The summed E-state index contributed by atoms with van der Waals surface area (Å²) in [7, 11) is 0. The van der Waals surface area contributed by atoms with E-state index in [1.54, 1.807) is 0 Å². The van der Waals surface area contributed by atoms with Crippen LogP contribution in [0, 0.1) is 25.7 Å². The third-order valence-electron chi connectivity index (χ3n) is 4.53. The lowest BCUT2D eigenvalue weighted by Crippen LogP contribution is -2.43. The van der Waals surface area contributed by atoms with Gasteiger partial charge in [0.2, 0.25) is 5.91 Å². The van der Waals surface area contributed by atoms with Crippen molar-refractivity contribution in [3.05, 3.63) is 27.7 Å². The highest BCUT2D eigenvalue weighted by molar-refractivity contribution is 7.99. The second-order valence-corrected chi connectivity index (χ2v) is 8.15. The predicted octanol–water partition coefficient (Wildman–Crippen LogP) is 2.53. The van der Waals surface area contributed by atoms with E-state index in [0.717, 1.165) is 24.3 Å². The van der Waals surface area contributed by atoms with Crippen LogP contribution in [0.3, 0.4) is 0 Å². The molecule has 1 aliphatic rings. The maximum atomic E-state index is 12.5. The highest BCUT2D eigenvalue weighted by Gasteiger charge is 2.25. The monoisotopic (exact) mass is 360 g/mol. The summed E-state index contributed by atoms with van der Waals surface area (Å²) in [4.78, 5) is 38.3. The molecule has 2 unspecified atom stereocenters. The summed E-state index contributed by atoms with van der Waals surface area (Å²) >= 11 is 1.27. The van der Waals surface area contributed by atoms with E-state index in [4.69, 9.17) is 0 Å². The number of hydrogen-bond acceptors (Lipinski definition) is 5. The van der Waals surface area contributed by atoms with Gasteiger partial charge in [-0.15, -0.1) is 0 Å². The van der Waals surface area contributed by atoms with E-state index >= 15 is 0 Å². The fourth-order valence-electron chi connectivity index (χ4n) is 3.62. The van der Waals surface area contributed by atoms with E-state index in [2.05, 4.69) is 28.8 Å². The number of thioether (sulfide) groups is 1. The first-order valence-corrected chi connectivity index (χ1v) is 9.61. The van der Waals surface area contributed by atoms with Gasteiger partial charge in [0.05, 0.1) is 11.1 Å². The number of aromatic nitrogens is 3. The molecule has 1 saturated heterocycles. The van der Waals surface area contributed by atoms with Crippen LogP contribution in [0.4, 0.5) is 0 Å². The third-order valence-corrected chi connectivity index (χ3v) is 5.39. The number of fused-ring (bicyclic) bond motifs is 1. The van der Waals surface area contributed by atoms with Crippen molar-refractivity contribution in [2.24, 2.45) is 11.8 Å². The Kier molecular flexibility index (Phi) is 5.13. The quantitative estimate of drug-likeness (QED) is 0.672. The molecule has 1 aliphatic heterocycles. The molecule has 0 bridgehead atoms. The van der Waals surface area contributed by atoms with E-state index in [9.17, 15) is 9.59 Å². The Morgan fingerprint density at radius 2 is 1.96 bits per heavy atom. The van der Waals surface area contributed by atoms with E-state index in [1.807, 2.05) is 24.8 Å². The lowest BCUT2D eigenvalue weighted by molar-refractivity contribution is -0.130. The molecule has 25 heavy (non-hydrogen) atoms. The summed E-state index contributed by atoms with van der Waals surface area (Å²) in [5.41, 5.74) is 1.92. The fourth-order valence-corrected chi connectivity index (χ4v) is 4.38. The summed E-state index contributed by atoms with van der Waals surface area (Å²) in [6.45, 7) is 9.74. The van der Waals surface area contributed by atoms with E-state index in [1.165, 1.54) is 18.2 Å². The molecule has 7 heteroatoms. The number of carbonyl (C=O) groups excluding carboxylic acids is 1. The molecule has 134 valence electrons. The van der Waals surface area contributed by atoms with Crippen LogP contribution in [0.2, 0.25) is 0 Å². The molecule has 2 aromatic rings. The Morgan fingerprint density at radius 1 is 1.28 bits per heavy atom. The molecule has 0 radical (unpaired) electrons. The first-order chi connectivity index (χ1) is 11.8. The van der Waals surface area contributed by atoms with Crippen LogP contribution in [0.15, 0.2) is 16.0 Å². The van der Waals surface area contributed by atoms with Gasteiger partial charge in [-0.05, 0) is 43.7 Å². The number of nitrogens with zero attached hydrogens (tertiary/aromatic N) is 3. The SMILES string of the molecule is Cc1cc(C)c2c(=O)[nH]c(SCC(=O)N3CC(C)CC(C)C3)nc2n1. The molecule has 6 nitrogen and oxygen atoms in total. The minimum Gasteiger partial charge on any atom is -0.341 e. The fraction of sp³-hybridized carbons (Fsp3) is 0.556. The number of nitrogens with one attached hydrogen (secondary N) is 1. The van der Waals surface area contributed by atoms with Gasteiger partial charge in [0.1, 0.15) is 0 Å². The number of hydrogen-bond donors (Lipinski definition) is 1. The molecule has 1 N–H and O–H groups in total. The van der Waals surface area contributed by atoms with Crippen molar-refractivity contribution in [3.63, 3.8) is 0 Å². The Morgan fingerprint density at radius 3 is 2.64 bits per heavy atom. The normalized spacial score (nSPS) is 20.9. The van der Waals surface area contributed by atoms with Gasteiger partial charge in [0, 0.05) is 18.8 Å². The van der Waals surface area contributed by atoms with Gasteiger partial charge in [0.25, 0.3) is 5.56 Å². The largest absolute Gasteiger partial charge is 0.341 e. The highest BCUT2D eigenvalue weighted by Crippen LogP contribution is 2.23. The number of aryl methyl sites for hydroxylation is 2. The molecular weight excluding hydrogens is 336 g/mol. The topological polar surface area (TPSA) is 79.0 Å². The summed E-state index contributed by atoms with van der Waals surface area (Å²) in [6, 6.07) is 1.87. The van der Waals surface area contributed by atoms with Gasteiger partial charge < -0.3 is 9.88 Å². The number of pyridine rings is 1. The number of H-pyrrole nitrogens is 1. The average Bonchev–Trinajstić information content (AvgIpc) is 2.50. The molecular formula is C18H24N4O2S.